The minimum Gasteiger partial charge on any atom is -0.449 e. The first-order chi connectivity index (χ1) is 28.1. The van der Waals surface area contributed by atoms with Crippen LogP contribution in [0.3, 0.4) is 0 Å². The van der Waals surface area contributed by atoms with Gasteiger partial charge in [-0.1, -0.05) is 95.0 Å². The number of Topliss-reactive ketones (excluding diaryl/α,β-unsaturated/α-hetero) is 1. The SMILES string of the molecule is CCCC(NC(=O)[C@@H]1C[C@@H](CNS(=O)(=O)c2ccccc2)CN1C(=O)[C@@H](NC(=O)OCC(C)C)C1CCCCC1)C(=O)C(=O)NCC(=O)N[C@H](C(N)=O)c1ccccc1. The Morgan fingerprint density at radius 2 is 1.53 bits per heavy atom. The summed E-state index contributed by atoms with van der Waals surface area (Å²) in [7, 11) is -3.94. The predicted molar refractivity (Wildman–Crippen MR) is 216 cm³/mol. The Morgan fingerprint density at radius 3 is 2.14 bits per heavy atom. The third kappa shape index (κ3) is 13.6. The number of amides is 6. The Morgan fingerprint density at radius 1 is 0.881 bits per heavy atom. The number of primary amides is 1. The second-order valence-corrected chi connectivity index (χ2v) is 17.3. The van der Waals surface area contributed by atoms with Gasteiger partial charge in [-0.3, -0.25) is 28.8 Å². The van der Waals surface area contributed by atoms with E-state index in [2.05, 4.69) is 26.0 Å². The minimum atomic E-state index is -3.94. The van der Waals surface area contributed by atoms with Crippen molar-refractivity contribution in [2.24, 2.45) is 23.5 Å². The molecule has 0 radical (unpaired) electrons. The monoisotopic (exact) mass is 839 g/mol. The predicted octanol–water partition coefficient (Wildman–Crippen LogP) is 1.83. The molecular weight excluding hydrogens is 783 g/mol. The van der Waals surface area contributed by atoms with Crippen molar-refractivity contribution in [3.63, 3.8) is 0 Å². The number of carbonyl (C=O) groups excluding carboxylic acids is 7. The number of carbonyl (C=O) groups is 7. The molecule has 2 fully saturated rings. The molecule has 322 valence electrons. The zero-order valence-corrected chi connectivity index (χ0v) is 34.6. The fraction of sp³-hybridized carbons (Fsp3) is 0.537. The van der Waals surface area contributed by atoms with Crippen molar-refractivity contribution in [2.45, 2.75) is 101 Å². The van der Waals surface area contributed by atoms with Crippen LogP contribution in [-0.4, -0.2) is 99.1 Å². The molecule has 6 amide bonds. The van der Waals surface area contributed by atoms with Crippen molar-refractivity contribution >= 4 is 51.4 Å². The quantitative estimate of drug-likeness (QED) is 0.106. The highest BCUT2D eigenvalue weighted by Crippen LogP contribution is 2.31. The molecule has 2 aromatic carbocycles. The average molecular weight is 840 g/mol. The van der Waals surface area contributed by atoms with Gasteiger partial charge in [0.15, 0.2) is 0 Å². The number of nitrogens with two attached hydrogens (primary N) is 1. The van der Waals surface area contributed by atoms with E-state index in [4.69, 9.17) is 10.5 Å². The lowest BCUT2D eigenvalue weighted by atomic mass is 9.83. The molecule has 1 aliphatic heterocycles. The Balaban J connectivity index is 1.51. The summed E-state index contributed by atoms with van der Waals surface area (Å²) in [5.41, 5.74) is 5.89. The first-order valence-electron chi connectivity index (χ1n) is 20.2. The van der Waals surface area contributed by atoms with E-state index in [-0.39, 0.29) is 49.3 Å². The molecule has 18 heteroatoms. The molecule has 17 nitrogen and oxygen atoms in total. The summed E-state index contributed by atoms with van der Waals surface area (Å²) in [6, 6.07) is 11.2. The van der Waals surface area contributed by atoms with Crippen LogP contribution in [0.2, 0.25) is 0 Å². The molecule has 0 spiro atoms. The van der Waals surface area contributed by atoms with E-state index in [1.807, 2.05) is 13.8 Å². The lowest BCUT2D eigenvalue weighted by molar-refractivity contribution is -0.143. The molecular formula is C41H57N7O10S. The fourth-order valence-electron chi connectivity index (χ4n) is 7.32. The van der Waals surface area contributed by atoms with Crippen LogP contribution in [0, 0.1) is 17.8 Å². The van der Waals surface area contributed by atoms with Gasteiger partial charge in [-0.15, -0.1) is 0 Å². The normalized spacial score (nSPS) is 18.5. The molecule has 59 heavy (non-hydrogen) atoms. The maximum Gasteiger partial charge on any atom is 0.407 e. The summed E-state index contributed by atoms with van der Waals surface area (Å²) < 4.78 is 34.2. The van der Waals surface area contributed by atoms with E-state index in [0.717, 1.165) is 19.3 Å². The van der Waals surface area contributed by atoms with Crippen LogP contribution in [0.4, 0.5) is 4.79 Å². The lowest BCUT2D eigenvalue weighted by Crippen LogP contribution is -2.58. The fourth-order valence-corrected chi connectivity index (χ4v) is 8.46. The van der Waals surface area contributed by atoms with Crippen LogP contribution in [-0.2, 0) is 43.5 Å². The summed E-state index contributed by atoms with van der Waals surface area (Å²) in [6.45, 7) is 4.78. The summed E-state index contributed by atoms with van der Waals surface area (Å²) >= 11 is 0. The van der Waals surface area contributed by atoms with Gasteiger partial charge in [0.25, 0.3) is 5.91 Å². The van der Waals surface area contributed by atoms with E-state index >= 15 is 0 Å². The minimum absolute atomic E-state index is 0.00587. The number of hydrogen-bond acceptors (Lipinski definition) is 10. The summed E-state index contributed by atoms with van der Waals surface area (Å²) in [6.07, 6.45) is 3.60. The first-order valence-corrected chi connectivity index (χ1v) is 21.6. The van der Waals surface area contributed by atoms with Gasteiger partial charge in [0.2, 0.25) is 39.4 Å². The van der Waals surface area contributed by atoms with Crippen molar-refractivity contribution in [1.82, 2.24) is 30.9 Å². The summed E-state index contributed by atoms with van der Waals surface area (Å²) in [5, 5.41) is 10.1. The van der Waals surface area contributed by atoms with E-state index in [0.29, 0.717) is 24.8 Å². The van der Waals surface area contributed by atoms with Crippen LogP contribution in [0.5, 0.6) is 0 Å². The average Bonchev–Trinajstić information content (AvgIpc) is 3.67. The van der Waals surface area contributed by atoms with Crippen molar-refractivity contribution < 1.29 is 46.7 Å². The maximum absolute atomic E-state index is 14.6. The molecule has 0 aromatic heterocycles. The van der Waals surface area contributed by atoms with Gasteiger partial charge in [0.05, 0.1) is 24.1 Å². The van der Waals surface area contributed by atoms with Crippen LogP contribution in [0.1, 0.15) is 83.7 Å². The standard InChI is InChI=1S/C41H57N7O10S/c1-4-14-31(36(50)39(53)43-23-33(49)46-34(37(42)51)28-15-8-5-9-16-28)45-38(52)32-21-27(22-44-59(56,57)30-19-12-7-13-20-30)24-48(32)40(54)35(29-17-10-6-11-18-29)47-41(55)58-25-26(2)3/h5,7-9,12-13,15-16,19-20,26-27,29,31-32,34-35,44H,4,6,10-11,14,17-18,21-25H2,1-3H3,(H2,42,51)(H,43,53)(H,45,52)(H,46,49)(H,47,55)/t27-,31?,32-,34-,35-/m0/s1. The molecule has 2 aliphatic rings. The Labute approximate surface area is 345 Å². The second kappa shape index (κ2) is 22.1. The molecule has 7 N–H and O–H groups in total. The molecule has 1 unspecified atom stereocenters. The van der Waals surface area contributed by atoms with Crippen molar-refractivity contribution in [3.05, 3.63) is 66.2 Å². The lowest BCUT2D eigenvalue weighted by Gasteiger charge is -2.34. The highest BCUT2D eigenvalue weighted by Gasteiger charge is 2.45. The van der Waals surface area contributed by atoms with Crippen LogP contribution < -0.4 is 31.7 Å². The Kier molecular flexibility index (Phi) is 17.4. The number of nitrogens with zero attached hydrogens (tertiary/aromatic N) is 1. The number of nitrogens with one attached hydrogen (secondary N) is 5. The number of ether oxygens (including phenoxy) is 1. The van der Waals surface area contributed by atoms with E-state index in [1.165, 1.54) is 17.0 Å². The van der Waals surface area contributed by atoms with Crippen LogP contribution >= 0.6 is 0 Å². The number of hydrogen-bond donors (Lipinski definition) is 6. The molecule has 1 saturated heterocycles. The molecule has 0 bridgehead atoms. The first kappa shape index (κ1) is 46.3. The van der Waals surface area contributed by atoms with Crippen LogP contribution in [0.25, 0.3) is 0 Å². The maximum atomic E-state index is 14.6. The number of rotatable bonds is 20. The van der Waals surface area contributed by atoms with Gasteiger partial charge in [-0.05, 0) is 61.1 Å². The van der Waals surface area contributed by atoms with Crippen molar-refractivity contribution in [3.8, 4) is 0 Å². The van der Waals surface area contributed by atoms with Gasteiger partial charge < -0.3 is 36.6 Å². The van der Waals surface area contributed by atoms with Gasteiger partial charge >= 0.3 is 6.09 Å². The smallest absolute Gasteiger partial charge is 0.407 e. The van der Waals surface area contributed by atoms with Crippen molar-refractivity contribution in [1.29, 1.82) is 0 Å². The highest BCUT2D eigenvalue weighted by molar-refractivity contribution is 7.89. The van der Waals surface area contributed by atoms with Gasteiger partial charge in [0, 0.05) is 13.1 Å². The highest BCUT2D eigenvalue weighted by atomic mass is 32.2. The molecule has 1 saturated carbocycles. The molecule has 2 aromatic rings. The third-order valence-electron chi connectivity index (χ3n) is 10.4. The molecule has 1 aliphatic carbocycles. The third-order valence-corrected chi connectivity index (χ3v) is 11.8. The van der Waals surface area contributed by atoms with Crippen molar-refractivity contribution in [2.75, 3.05) is 26.2 Å². The van der Waals surface area contributed by atoms with Gasteiger partial charge in [-0.25, -0.2) is 17.9 Å². The second-order valence-electron chi connectivity index (χ2n) is 15.5. The molecule has 5 atom stereocenters. The van der Waals surface area contributed by atoms with E-state index < -0.39 is 88.1 Å². The number of ketones is 1. The number of alkyl carbamates (subject to hydrolysis) is 1. The summed E-state index contributed by atoms with van der Waals surface area (Å²) in [4.78, 5) is 94.3. The van der Waals surface area contributed by atoms with Crippen LogP contribution in [0.15, 0.2) is 65.6 Å². The Bertz CT molecular complexity index is 1890. The zero-order chi connectivity index (χ0) is 43.1. The zero-order valence-electron chi connectivity index (χ0n) is 33.8. The topological polar surface area (TPSA) is 252 Å². The van der Waals surface area contributed by atoms with Gasteiger partial charge in [0.1, 0.15) is 18.1 Å². The summed E-state index contributed by atoms with van der Waals surface area (Å²) in [5.74, 6) is -5.87. The molecule has 1 heterocycles. The van der Waals surface area contributed by atoms with E-state index in [9.17, 15) is 42.0 Å². The van der Waals surface area contributed by atoms with Gasteiger partial charge in [-0.2, -0.15) is 0 Å². The Hall–Kier alpha value is -5.36. The number of likely N-dealkylation sites (tertiary alicyclic amines) is 1. The van der Waals surface area contributed by atoms with E-state index in [1.54, 1.807) is 55.5 Å². The number of sulfonamides is 1. The molecule has 4 rings (SSSR count). The number of benzene rings is 2. The largest absolute Gasteiger partial charge is 0.449 e.